The minimum atomic E-state index is -0.615. The molecule has 6 nitrogen and oxygen atoms in total. The molecule has 0 bridgehead atoms. The number of aromatic amines is 1. The van der Waals surface area contributed by atoms with Gasteiger partial charge in [0, 0.05) is 28.9 Å². The van der Waals surface area contributed by atoms with E-state index in [0.717, 1.165) is 0 Å². The molecule has 1 aromatic carbocycles. The lowest BCUT2D eigenvalue weighted by Crippen LogP contribution is -2.29. The third kappa shape index (κ3) is 3.42. The smallest absolute Gasteiger partial charge is 0.261 e. The van der Waals surface area contributed by atoms with E-state index in [0.29, 0.717) is 35.3 Å². The van der Waals surface area contributed by atoms with Crippen molar-refractivity contribution in [2.45, 2.75) is 26.7 Å². The van der Waals surface area contributed by atoms with Crippen LogP contribution in [-0.2, 0) is 6.42 Å². The number of H-pyrrole nitrogens is 1. The standard InChI is InChI=1S/C19H18N2O4/c1-10-6-16-14(17(23)7-10)9-15(19(25)21-16)18(24)20-13-5-3-4-12(8-13)11(2)22/h3-5,8-10H,6-7H2,1-2H3,(H,20,24)(H,21,25)/t10-/m1/s1. The number of nitrogens with one attached hydrogen (secondary N) is 2. The maximum atomic E-state index is 12.4. The molecular weight excluding hydrogens is 320 g/mol. The zero-order valence-corrected chi connectivity index (χ0v) is 14.0. The van der Waals surface area contributed by atoms with Gasteiger partial charge in [-0.3, -0.25) is 19.2 Å². The van der Waals surface area contributed by atoms with Crippen molar-refractivity contribution in [2.24, 2.45) is 5.92 Å². The van der Waals surface area contributed by atoms with Crippen molar-refractivity contribution in [3.05, 3.63) is 63.1 Å². The summed E-state index contributed by atoms with van der Waals surface area (Å²) in [5.74, 6) is -0.638. The number of fused-ring (bicyclic) bond motifs is 1. The zero-order chi connectivity index (χ0) is 18.1. The fourth-order valence-corrected chi connectivity index (χ4v) is 3.01. The Bertz CT molecular complexity index is 943. The molecule has 3 rings (SSSR count). The van der Waals surface area contributed by atoms with Gasteiger partial charge in [-0.1, -0.05) is 19.1 Å². The van der Waals surface area contributed by atoms with E-state index >= 15 is 0 Å². The predicted molar refractivity (Wildman–Crippen MR) is 93.3 cm³/mol. The molecule has 0 saturated carbocycles. The van der Waals surface area contributed by atoms with Crippen LogP contribution in [0.25, 0.3) is 0 Å². The fraction of sp³-hybridized carbons (Fsp3) is 0.263. The Morgan fingerprint density at radius 2 is 1.92 bits per heavy atom. The van der Waals surface area contributed by atoms with E-state index < -0.39 is 11.5 Å². The minimum absolute atomic E-state index is 0.0716. The molecular formula is C19H18N2O4. The third-order valence-corrected chi connectivity index (χ3v) is 4.28. The van der Waals surface area contributed by atoms with Gasteiger partial charge in [-0.25, -0.2) is 0 Å². The normalized spacial score (nSPS) is 16.2. The highest BCUT2D eigenvalue weighted by Gasteiger charge is 2.25. The summed E-state index contributed by atoms with van der Waals surface area (Å²) in [6.45, 7) is 3.38. The largest absolute Gasteiger partial charge is 0.325 e. The van der Waals surface area contributed by atoms with Gasteiger partial charge in [0.2, 0.25) is 0 Å². The average Bonchev–Trinajstić information content (AvgIpc) is 2.54. The lowest BCUT2D eigenvalue weighted by Gasteiger charge is -2.20. The number of carbonyl (C=O) groups excluding carboxylic acids is 3. The summed E-state index contributed by atoms with van der Waals surface area (Å²) in [5.41, 5.74) is 1.22. The first-order valence-electron chi connectivity index (χ1n) is 8.07. The summed E-state index contributed by atoms with van der Waals surface area (Å²) in [4.78, 5) is 50.9. The van der Waals surface area contributed by atoms with Crippen LogP contribution in [0.2, 0.25) is 0 Å². The van der Waals surface area contributed by atoms with Crippen LogP contribution in [-0.4, -0.2) is 22.5 Å². The molecule has 0 fully saturated rings. The van der Waals surface area contributed by atoms with Crippen LogP contribution < -0.4 is 10.9 Å². The van der Waals surface area contributed by atoms with Crippen LogP contribution in [0, 0.1) is 5.92 Å². The topological polar surface area (TPSA) is 96.1 Å². The molecule has 6 heteroatoms. The van der Waals surface area contributed by atoms with Crippen molar-refractivity contribution in [1.29, 1.82) is 0 Å². The first-order valence-corrected chi connectivity index (χ1v) is 8.07. The quantitative estimate of drug-likeness (QED) is 0.841. The van der Waals surface area contributed by atoms with Gasteiger partial charge in [0.1, 0.15) is 5.56 Å². The number of pyridine rings is 1. The van der Waals surface area contributed by atoms with Crippen molar-refractivity contribution >= 4 is 23.2 Å². The predicted octanol–water partition coefficient (Wildman–Crippen LogP) is 2.59. The van der Waals surface area contributed by atoms with Gasteiger partial charge in [0.25, 0.3) is 11.5 Å². The van der Waals surface area contributed by atoms with Crippen molar-refractivity contribution < 1.29 is 14.4 Å². The molecule has 2 aromatic rings. The molecule has 1 heterocycles. The lowest BCUT2D eigenvalue weighted by atomic mass is 9.86. The number of hydrogen-bond acceptors (Lipinski definition) is 4. The summed E-state index contributed by atoms with van der Waals surface area (Å²) < 4.78 is 0. The minimum Gasteiger partial charge on any atom is -0.325 e. The van der Waals surface area contributed by atoms with E-state index in [1.807, 2.05) is 6.92 Å². The summed E-state index contributed by atoms with van der Waals surface area (Å²) in [5, 5.41) is 2.60. The number of ketones is 2. The van der Waals surface area contributed by atoms with Crippen molar-refractivity contribution in [1.82, 2.24) is 4.98 Å². The molecule has 0 unspecified atom stereocenters. The van der Waals surface area contributed by atoms with Crippen LogP contribution in [0.15, 0.2) is 35.1 Å². The number of Topliss-reactive ketones (excluding diaryl/α,β-unsaturated/α-hetero) is 2. The number of amides is 1. The van der Waals surface area contributed by atoms with Crippen molar-refractivity contribution in [3.63, 3.8) is 0 Å². The van der Waals surface area contributed by atoms with E-state index in [1.54, 1.807) is 24.3 Å². The Morgan fingerprint density at radius 3 is 2.64 bits per heavy atom. The molecule has 128 valence electrons. The van der Waals surface area contributed by atoms with Gasteiger partial charge in [-0.15, -0.1) is 0 Å². The number of aromatic nitrogens is 1. The molecule has 25 heavy (non-hydrogen) atoms. The first kappa shape index (κ1) is 16.8. The second-order valence-electron chi connectivity index (χ2n) is 6.43. The number of hydrogen-bond donors (Lipinski definition) is 2. The Balaban J connectivity index is 1.92. The van der Waals surface area contributed by atoms with Crippen LogP contribution >= 0.6 is 0 Å². The Hall–Kier alpha value is -3.02. The highest BCUT2D eigenvalue weighted by atomic mass is 16.2. The SMILES string of the molecule is CC(=O)c1cccc(NC(=O)c2cc3c([nH]c2=O)C[C@@H](C)CC3=O)c1. The summed E-state index contributed by atoms with van der Waals surface area (Å²) in [6.07, 6.45) is 1.01. The molecule has 1 amide bonds. The highest BCUT2D eigenvalue weighted by Crippen LogP contribution is 2.23. The van der Waals surface area contributed by atoms with E-state index in [1.165, 1.54) is 13.0 Å². The number of benzene rings is 1. The molecule has 1 atom stereocenters. The van der Waals surface area contributed by atoms with Gasteiger partial charge in [0.15, 0.2) is 11.6 Å². The summed E-state index contributed by atoms with van der Waals surface area (Å²) in [6, 6.07) is 7.83. The van der Waals surface area contributed by atoms with Crippen LogP contribution in [0.4, 0.5) is 5.69 Å². The van der Waals surface area contributed by atoms with E-state index in [9.17, 15) is 19.2 Å². The zero-order valence-electron chi connectivity index (χ0n) is 14.0. The first-order chi connectivity index (χ1) is 11.8. The Kier molecular flexibility index (Phi) is 4.35. The van der Waals surface area contributed by atoms with Crippen molar-refractivity contribution in [2.75, 3.05) is 5.32 Å². The van der Waals surface area contributed by atoms with Gasteiger partial charge in [-0.05, 0) is 37.5 Å². The molecule has 0 spiro atoms. The maximum Gasteiger partial charge on any atom is 0.261 e. The van der Waals surface area contributed by atoms with Gasteiger partial charge in [-0.2, -0.15) is 0 Å². The van der Waals surface area contributed by atoms with E-state index in [4.69, 9.17) is 0 Å². The summed E-state index contributed by atoms with van der Waals surface area (Å²) >= 11 is 0. The number of rotatable bonds is 3. The fourth-order valence-electron chi connectivity index (χ4n) is 3.01. The van der Waals surface area contributed by atoms with Gasteiger partial charge < -0.3 is 10.3 Å². The monoisotopic (exact) mass is 338 g/mol. The molecule has 1 aliphatic carbocycles. The molecule has 1 aromatic heterocycles. The molecule has 1 aliphatic rings. The highest BCUT2D eigenvalue weighted by molar-refractivity contribution is 6.07. The molecule has 0 radical (unpaired) electrons. The van der Waals surface area contributed by atoms with Crippen molar-refractivity contribution in [3.8, 4) is 0 Å². The number of anilines is 1. The van der Waals surface area contributed by atoms with E-state index in [-0.39, 0.29) is 23.0 Å². The molecule has 2 N–H and O–H groups in total. The third-order valence-electron chi connectivity index (χ3n) is 4.28. The van der Waals surface area contributed by atoms with Crippen LogP contribution in [0.5, 0.6) is 0 Å². The molecule has 0 aliphatic heterocycles. The second-order valence-corrected chi connectivity index (χ2v) is 6.43. The van der Waals surface area contributed by atoms with Crippen LogP contribution in [0.3, 0.4) is 0 Å². The Labute approximate surface area is 144 Å². The van der Waals surface area contributed by atoms with Gasteiger partial charge in [0.05, 0.1) is 0 Å². The maximum absolute atomic E-state index is 12.4. The second kappa shape index (κ2) is 6.47. The number of carbonyl (C=O) groups is 3. The molecule has 0 saturated heterocycles. The summed E-state index contributed by atoms with van der Waals surface area (Å²) in [7, 11) is 0. The van der Waals surface area contributed by atoms with Gasteiger partial charge >= 0.3 is 0 Å². The van der Waals surface area contributed by atoms with E-state index in [2.05, 4.69) is 10.3 Å². The lowest BCUT2D eigenvalue weighted by molar-refractivity contribution is 0.0951. The Morgan fingerprint density at radius 1 is 1.16 bits per heavy atom. The van der Waals surface area contributed by atoms with Crippen LogP contribution in [0.1, 0.15) is 57.0 Å². The average molecular weight is 338 g/mol.